The fourth-order valence-electron chi connectivity index (χ4n) is 2.34. The maximum atomic E-state index is 2.38. The van der Waals surface area contributed by atoms with Gasteiger partial charge in [-0.25, -0.2) is 0 Å². The third-order valence-electron chi connectivity index (χ3n) is 3.30. The van der Waals surface area contributed by atoms with Crippen molar-refractivity contribution in [3.63, 3.8) is 0 Å². The largest absolute Gasteiger partial charge is 0.0682 e. The molecule has 0 aromatic heterocycles. The zero-order valence-electron chi connectivity index (χ0n) is 9.70. The first kappa shape index (κ1) is 9.85. The monoisotopic (exact) mass is 223 g/mol. The van der Waals surface area contributed by atoms with Crippen LogP contribution in [0.3, 0.4) is 0 Å². The van der Waals surface area contributed by atoms with Gasteiger partial charge < -0.3 is 0 Å². The van der Waals surface area contributed by atoms with E-state index in [4.69, 9.17) is 0 Å². The lowest BCUT2D eigenvalue weighted by atomic mass is 10.1. The Hall–Kier alpha value is -1.34. The highest BCUT2D eigenvalue weighted by Gasteiger charge is 2.18. The molecule has 0 N–H and O–H groups in total. The van der Waals surface area contributed by atoms with Crippen LogP contribution in [0.2, 0.25) is 13.1 Å². The molecule has 0 atom stereocenters. The van der Waals surface area contributed by atoms with E-state index in [1.165, 1.54) is 22.3 Å². The second-order valence-corrected chi connectivity index (χ2v) is 7.71. The second kappa shape index (κ2) is 3.60. The summed E-state index contributed by atoms with van der Waals surface area (Å²) < 4.78 is 0. The Kier molecular flexibility index (Phi) is 2.22. The molecule has 0 amide bonds. The fourth-order valence-corrected chi connectivity index (χ4v) is 3.33. The van der Waals surface area contributed by atoms with Gasteiger partial charge in [-0.3, -0.25) is 0 Å². The van der Waals surface area contributed by atoms with Gasteiger partial charge in [0.2, 0.25) is 0 Å². The van der Waals surface area contributed by atoms with E-state index in [1.807, 2.05) is 0 Å². The summed E-state index contributed by atoms with van der Waals surface area (Å²) in [6.45, 7) is 4.76. The summed E-state index contributed by atoms with van der Waals surface area (Å²) in [6.07, 6.45) is 2.31. The van der Waals surface area contributed by atoms with Crippen LogP contribution in [0.1, 0.15) is 11.1 Å². The average molecular weight is 223 g/mol. The fraction of sp³-hybridized carbons (Fsp3) is 0.133. The summed E-state index contributed by atoms with van der Waals surface area (Å²) in [7, 11) is -0.681. The Bertz CT molecular complexity index is 541. The Balaban J connectivity index is 2.14. The normalized spacial score (nSPS) is 12.7. The van der Waals surface area contributed by atoms with Crippen LogP contribution in [0.15, 0.2) is 42.5 Å². The molecule has 0 heterocycles. The summed E-state index contributed by atoms with van der Waals surface area (Å²) >= 11 is 0. The van der Waals surface area contributed by atoms with E-state index in [1.54, 1.807) is 5.19 Å². The molecule has 0 unspecified atom stereocenters. The zero-order chi connectivity index (χ0) is 11.1. The predicted molar refractivity (Wildman–Crippen MR) is 72.9 cm³/mol. The smallest absolute Gasteiger partial charge is 0.0647 e. The molecule has 0 bridgehead atoms. The first-order valence-corrected chi connectivity index (χ1v) is 8.72. The Morgan fingerprint density at radius 2 is 1.56 bits per heavy atom. The van der Waals surface area contributed by atoms with E-state index in [-0.39, 0.29) is 0 Å². The highest BCUT2D eigenvalue weighted by molar-refractivity contribution is 6.70. The van der Waals surface area contributed by atoms with E-state index in [0.717, 1.165) is 0 Å². The Morgan fingerprint density at radius 3 is 2.38 bits per heavy atom. The molecule has 79 valence electrons. The molecule has 16 heavy (non-hydrogen) atoms. The summed E-state index contributed by atoms with van der Waals surface area (Å²) in [4.78, 5) is 0. The molecule has 0 spiro atoms. The molecule has 0 nitrogen and oxygen atoms in total. The molecule has 1 radical (unpaired) electrons. The minimum absolute atomic E-state index is 0.681. The molecule has 3 rings (SSSR count). The van der Waals surface area contributed by atoms with Crippen LogP contribution in [-0.2, 0) is 0 Å². The summed E-state index contributed by atoms with van der Waals surface area (Å²) in [5.74, 6) is 0. The summed E-state index contributed by atoms with van der Waals surface area (Å²) in [5, 5.41) is 1.56. The van der Waals surface area contributed by atoms with Gasteiger partial charge in [0.1, 0.15) is 0 Å². The lowest BCUT2D eigenvalue weighted by molar-refractivity contribution is 1.55. The van der Waals surface area contributed by atoms with Crippen molar-refractivity contribution in [2.75, 3.05) is 0 Å². The molecule has 0 fully saturated rings. The number of hydrogen-bond acceptors (Lipinski definition) is 0. The molecule has 0 saturated carbocycles. The molecule has 2 aromatic rings. The highest BCUT2D eigenvalue weighted by atomic mass is 28.3. The van der Waals surface area contributed by atoms with E-state index < -0.39 is 8.80 Å². The van der Waals surface area contributed by atoms with Gasteiger partial charge in [0.25, 0.3) is 0 Å². The molecule has 1 heteroatoms. The van der Waals surface area contributed by atoms with E-state index in [0.29, 0.717) is 0 Å². The van der Waals surface area contributed by atoms with Gasteiger partial charge in [-0.2, -0.15) is 0 Å². The van der Waals surface area contributed by atoms with Crippen molar-refractivity contribution in [1.82, 2.24) is 0 Å². The van der Waals surface area contributed by atoms with Crippen molar-refractivity contribution in [1.29, 1.82) is 0 Å². The summed E-state index contributed by atoms with van der Waals surface area (Å²) in [5.41, 5.74) is 5.54. The third-order valence-corrected chi connectivity index (χ3v) is 5.00. The Labute approximate surface area is 98.6 Å². The number of benzene rings is 2. The van der Waals surface area contributed by atoms with Crippen molar-refractivity contribution >= 4 is 14.0 Å². The van der Waals surface area contributed by atoms with E-state index in [9.17, 15) is 0 Å². The predicted octanol–water partition coefficient (Wildman–Crippen LogP) is 2.96. The van der Waals surface area contributed by atoms with Gasteiger partial charge in [-0.15, -0.1) is 0 Å². The van der Waals surface area contributed by atoms with Gasteiger partial charge >= 0.3 is 0 Å². The Morgan fingerprint density at radius 1 is 0.812 bits per heavy atom. The molecule has 1 aliphatic rings. The van der Waals surface area contributed by atoms with E-state index >= 15 is 0 Å². The van der Waals surface area contributed by atoms with Crippen LogP contribution in [0.5, 0.6) is 0 Å². The van der Waals surface area contributed by atoms with Gasteiger partial charge in [0.05, 0.1) is 8.80 Å². The molecule has 0 aliphatic heterocycles. The van der Waals surface area contributed by atoms with Crippen LogP contribution >= 0.6 is 0 Å². The lowest BCUT2D eigenvalue weighted by Gasteiger charge is -2.06. The van der Waals surface area contributed by atoms with Crippen LogP contribution in [0.25, 0.3) is 11.1 Å². The number of hydrogen-bond donors (Lipinski definition) is 0. The molecule has 1 aliphatic carbocycles. The van der Waals surface area contributed by atoms with Crippen molar-refractivity contribution in [3.8, 4) is 11.1 Å². The standard InChI is InChI=1S/C15H15Si/c1-16(2)13-7-8-15-12(10-13)9-11-5-3-4-6-14(11)15/h3-10,16H,1-2H3. The van der Waals surface area contributed by atoms with Crippen molar-refractivity contribution in [3.05, 3.63) is 60.0 Å². The van der Waals surface area contributed by atoms with Crippen LogP contribution < -0.4 is 5.19 Å². The summed E-state index contributed by atoms with van der Waals surface area (Å²) in [6, 6.07) is 15.6. The highest BCUT2D eigenvalue weighted by Crippen LogP contribution is 2.36. The van der Waals surface area contributed by atoms with Crippen LogP contribution in [-0.4, -0.2) is 8.80 Å². The maximum Gasteiger partial charge on any atom is 0.0647 e. The number of rotatable bonds is 1. The molecular weight excluding hydrogens is 208 g/mol. The SMILES string of the molecule is C[SiH](C)c1ccc2c(c1)[CH]c1ccccc1-2. The first-order valence-electron chi connectivity index (χ1n) is 5.84. The topological polar surface area (TPSA) is 0 Å². The molecule has 2 aromatic carbocycles. The van der Waals surface area contributed by atoms with E-state index in [2.05, 4.69) is 62.0 Å². The lowest BCUT2D eigenvalue weighted by Crippen LogP contribution is -2.22. The van der Waals surface area contributed by atoms with Crippen LogP contribution in [0, 0.1) is 6.42 Å². The quantitative estimate of drug-likeness (QED) is 0.556. The average Bonchev–Trinajstić information content (AvgIpc) is 2.66. The van der Waals surface area contributed by atoms with Crippen molar-refractivity contribution in [2.24, 2.45) is 0 Å². The molecule has 0 saturated heterocycles. The number of fused-ring (bicyclic) bond motifs is 3. The van der Waals surface area contributed by atoms with Gasteiger partial charge in [0, 0.05) is 6.42 Å². The van der Waals surface area contributed by atoms with Crippen molar-refractivity contribution in [2.45, 2.75) is 13.1 Å². The minimum atomic E-state index is -0.681. The third kappa shape index (κ3) is 1.43. The second-order valence-electron chi connectivity index (χ2n) is 4.73. The van der Waals surface area contributed by atoms with Gasteiger partial charge in [-0.05, 0) is 22.3 Å². The van der Waals surface area contributed by atoms with Crippen molar-refractivity contribution < 1.29 is 0 Å². The van der Waals surface area contributed by atoms with Gasteiger partial charge in [-0.1, -0.05) is 60.7 Å². The zero-order valence-corrected chi connectivity index (χ0v) is 10.9. The minimum Gasteiger partial charge on any atom is -0.0682 e. The maximum absolute atomic E-state index is 2.38. The molecular formula is C15H15Si. The van der Waals surface area contributed by atoms with Gasteiger partial charge in [0.15, 0.2) is 0 Å². The first-order chi connectivity index (χ1) is 7.75. The van der Waals surface area contributed by atoms with Crippen LogP contribution in [0.4, 0.5) is 0 Å².